The van der Waals surface area contributed by atoms with Gasteiger partial charge in [0.1, 0.15) is 0 Å². The van der Waals surface area contributed by atoms with Gasteiger partial charge in [-0.2, -0.15) is 0 Å². The lowest BCUT2D eigenvalue weighted by Crippen LogP contribution is -2.20. The largest absolute Gasteiger partial charge is 0.397 e. The van der Waals surface area contributed by atoms with Gasteiger partial charge in [0.25, 0.3) is 5.91 Å². The molecule has 98 valence electrons. The Balaban J connectivity index is 2.11. The molecule has 0 spiro atoms. The summed E-state index contributed by atoms with van der Waals surface area (Å²) in [5.41, 5.74) is 13.4. The van der Waals surface area contributed by atoms with Gasteiger partial charge in [-0.1, -0.05) is 19.4 Å². The van der Waals surface area contributed by atoms with Gasteiger partial charge in [0, 0.05) is 6.54 Å². The highest BCUT2D eigenvalue weighted by Crippen LogP contribution is 2.49. The molecule has 0 radical (unpaired) electrons. The fourth-order valence-electron chi connectivity index (χ4n) is 2.47. The van der Waals surface area contributed by atoms with E-state index in [0.717, 1.165) is 6.54 Å². The normalized spacial score (nSPS) is 16.3. The second kappa shape index (κ2) is 4.88. The van der Waals surface area contributed by atoms with Crippen LogP contribution in [0.4, 0.5) is 11.4 Å². The maximum Gasteiger partial charge on any atom is 0.250 e. The van der Waals surface area contributed by atoms with E-state index in [2.05, 4.69) is 12.2 Å². The lowest BCUT2D eigenvalue weighted by molar-refractivity contribution is 0.100. The monoisotopic (exact) mass is 247 g/mol. The SMILES string of the molecule is CCCC1(CNc2c(N)cccc2C(N)=O)CC1. The first kappa shape index (κ1) is 12.7. The van der Waals surface area contributed by atoms with E-state index in [0.29, 0.717) is 22.4 Å². The molecule has 4 nitrogen and oxygen atoms in total. The van der Waals surface area contributed by atoms with Crippen molar-refractivity contribution in [3.63, 3.8) is 0 Å². The minimum Gasteiger partial charge on any atom is -0.397 e. The molecular weight excluding hydrogens is 226 g/mol. The number of hydrogen-bond donors (Lipinski definition) is 3. The summed E-state index contributed by atoms with van der Waals surface area (Å²) >= 11 is 0. The molecule has 1 aromatic carbocycles. The molecule has 0 aliphatic heterocycles. The summed E-state index contributed by atoms with van der Waals surface area (Å²) in [5, 5.41) is 3.32. The molecule has 0 unspecified atom stereocenters. The van der Waals surface area contributed by atoms with Gasteiger partial charge in [0.15, 0.2) is 0 Å². The molecule has 5 N–H and O–H groups in total. The third-order valence-corrected chi connectivity index (χ3v) is 3.74. The number of hydrogen-bond acceptors (Lipinski definition) is 3. The Bertz CT molecular complexity index is 452. The summed E-state index contributed by atoms with van der Waals surface area (Å²) in [6.45, 7) is 3.07. The van der Waals surface area contributed by atoms with Crippen LogP contribution < -0.4 is 16.8 Å². The Morgan fingerprint density at radius 1 is 1.44 bits per heavy atom. The highest BCUT2D eigenvalue weighted by atomic mass is 16.1. The quantitative estimate of drug-likeness (QED) is 0.675. The Morgan fingerprint density at radius 3 is 2.72 bits per heavy atom. The zero-order chi connectivity index (χ0) is 13.2. The first-order valence-electron chi connectivity index (χ1n) is 6.50. The average molecular weight is 247 g/mol. The van der Waals surface area contributed by atoms with Crippen LogP contribution in [0.15, 0.2) is 18.2 Å². The van der Waals surface area contributed by atoms with Crippen LogP contribution in [0.2, 0.25) is 0 Å². The third kappa shape index (κ3) is 2.58. The molecule has 1 aliphatic rings. The average Bonchev–Trinajstić information content (AvgIpc) is 3.08. The molecule has 1 aliphatic carbocycles. The first-order chi connectivity index (χ1) is 8.58. The molecule has 0 heterocycles. The highest BCUT2D eigenvalue weighted by Gasteiger charge is 2.41. The summed E-state index contributed by atoms with van der Waals surface area (Å²) in [7, 11) is 0. The van der Waals surface area contributed by atoms with Crippen molar-refractivity contribution >= 4 is 17.3 Å². The lowest BCUT2D eigenvalue weighted by atomic mass is 10.0. The van der Waals surface area contributed by atoms with Crippen LogP contribution in [0.5, 0.6) is 0 Å². The maximum atomic E-state index is 11.4. The van der Waals surface area contributed by atoms with E-state index < -0.39 is 5.91 Å². The number of para-hydroxylation sites is 1. The molecule has 2 rings (SSSR count). The lowest BCUT2D eigenvalue weighted by Gasteiger charge is -2.18. The summed E-state index contributed by atoms with van der Waals surface area (Å²) in [4.78, 5) is 11.4. The van der Waals surface area contributed by atoms with Gasteiger partial charge in [-0.25, -0.2) is 0 Å². The van der Waals surface area contributed by atoms with Crippen molar-refractivity contribution in [1.29, 1.82) is 0 Å². The van der Waals surface area contributed by atoms with E-state index in [4.69, 9.17) is 11.5 Å². The van der Waals surface area contributed by atoms with Gasteiger partial charge in [0.2, 0.25) is 0 Å². The summed E-state index contributed by atoms with van der Waals surface area (Å²) in [5.74, 6) is -0.440. The van der Waals surface area contributed by atoms with Gasteiger partial charge in [-0.3, -0.25) is 4.79 Å². The second-order valence-corrected chi connectivity index (χ2v) is 5.24. The van der Waals surface area contributed by atoms with Crippen LogP contribution in [0.25, 0.3) is 0 Å². The molecule has 0 saturated heterocycles. The number of primary amides is 1. The zero-order valence-corrected chi connectivity index (χ0v) is 10.8. The number of carbonyl (C=O) groups excluding carboxylic acids is 1. The molecule has 0 aromatic heterocycles. The van der Waals surface area contributed by atoms with Crippen LogP contribution in [0.3, 0.4) is 0 Å². The molecule has 1 fully saturated rings. The maximum absolute atomic E-state index is 11.4. The summed E-state index contributed by atoms with van der Waals surface area (Å²) in [6.07, 6.45) is 4.92. The topological polar surface area (TPSA) is 81.1 Å². The van der Waals surface area contributed by atoms with E-state index in [1.54, 1.807) is 18.2 Å². The van der Waals surface area contributed by atoms with E-state index in [1.807, 2.05) is 0 Å². The van der Waals surface area contributed by atoms with E-state index >= 15 is 0 Å². The molecular formula is C14H21N3O. The molecule has 1 aromatic rings. The number of nitrogens with one attached hydrogen (secondary N) is 1. The zero-order valence-electron chi connectivity index (χ0n) is 10.8. The predicted molar refractivity (Wildman–Crippen MR) is 74.4 cm³/mol. The van der Waals surface area contributed by atoms with Crippen LogP contribution in [-0.4, -0.2) is 12.5 Å². The number of benzene rings is 1. The van der Waals surface area contributed by atoms with Crippen LogP contribution >= 0.6 is 0 Å². The fourth-order valence-corrected chi connectivity index (χ4v) is 2.47. The van der Waals surface area contributed by atoms with Crippen molar-refractivity contribution in [1.82, 2.24) is 0 Å². The van der Waals surface area contributed by atoms with E-state index in [-0.39, 0.29) is 0 Å². The van der Waals surface area contributed by atoms with Gasteiger partial charge in [-0.05, 0) is 36.8 Å². The molecule has 18 heavy (non-hydrogen) atoms. The van der Waals surface area contributed by atoms with Crippen molar-refractivity contribution < 1.29 is 4.79 Å². The van der Waals surface area contributed by atoms with Crippen molar-refractivity contribution in [2.45, 2.75) is 32.6 Å². The number of rotatable bonds is 6. The van der Waals surface area contributed by atoms with Crippen molar-refractivity contribution in [2.75, 3.05) is 17.6 Å². The molecule has 0 bridgehead atoms. The summed E-state index contributed by atoms with van der Waals surface area (Å²) < 4.78 is 0. The standard InChI is InChI=1S/C14H21N3O/c1-2-6-14(7-8-14)9-17-12-10(13(16)18)4-3-5-11(12)15/h3-5,17H,2,6-9,15H2,1H3,(H2,16,18). The van der Waals surface area contributed by atoms with Crippen LogP contribution in [0.1, 0.15) is 43.0 Å². The van der Waals surface area contributed by atoms with Crippen molar-refractivity contribution in [2.24, 2.45) is 11.1 Å². The van der Waals surface area contributed by atoms with Crippen LogP contribution in [-0.2, 0) is 0 Å². The number of anilines is 2. The molecule has 0 atom stereocenters. The number of nitrogens with two attached hydrogens (primary N) is 2. The molecule has 1 saturated carbocycles. The Labute approximate surface area is 108 Å². The fraction of sp³-hybridized carbons (Fsp3) is 0.500. The Morgan fingerprint density at radius 2 is 2.17 bits per heavy atom. The third-order valence-electron chi connectivity index (χ3n) is 3.74. The minimum atomic E-state index is -0.440. The van der Waals surface area contributed by atoms with Gasteiger partial charge in [-0.15, -0.1) is 0 Å². The second-order valence-electron chi connectivity index (χ2n) is 5.24. The van der Waals surface area contributed by atoms with Crippen molar-refractivity contribution in [3.05, 3.63) is 23.8 Å². The van der Waals surface area contributed by atoms with Crippen LogP contribution in [0, 0.1) is 5.41 Å². The minimum absolute atomic E-state index is 0.409. The number of carbonyl (C=O) groups is 1. The van der Waals surface area contributed by atoms with E-state index in [9.17, 15) is 4.79 Å². The summed E-state index contributed by atoms with van der Waals surface area (Å²) in [6, 6.07) is 5.24. The van der Waals surface area contributed by atoms with Gasteiger partial charge >= 0.3 is 0 Å². The smallest absolute Gasteiger partial charge is 0.250 e. The number of nitrogen functional groups attached to an aromatic ring is 1. The van der Waals surface area contributed by atoms with Gasteiger partial charge in [0.05, 0.1) is 16.9 Å². The highest BCUT2D eigenvalue weighted by molar-refractivity contribution is 6.01. The predicted octanol–water partition coefficient (Wildman–Crippen LogP) is 2.36. The Kier molecular flexibility index (Phi) is 3.45. The molecule has 4 heteroatoms. The van der Waals surface area contributed by atoms with Gasteiger partial charge < -0.3 is 16.8 Å². The number of amides is 1. The Hall–Kier alpha value is -1.71. The first-order valence-corrected chi connectivity index (χ1v) is 6.50. The van der Waals surface area contributed by atoms with E-state index in [1.165, 1.54) is 25.7 Å². The van der Waals surface area contributed by atoms with Crippen molar-refractivity contribution in [3.8, 4) is 0 Å². The molecule has 1 amide bonds.